The molecule has 0 saturated heterocycles. The molecule has 0 rings (SSSR count). The fourth-order valence-corrected chi connectivity index (χ4v) is 4.18. The van der Waals surface area contributed by atoms with Gasteiger partial charge < -0.3 is 3.87 Å². The largest absolute Gasteiger partial charge is 0.461 e. The Morgan fingerprint density at radius 2 is 1.22 bits per heavy atom. The van der Waals surface area contributed by atoms with Crippen molar-refractivity contribution in [3.63, 3.8) is 0 Å². The summed E-state index contributed by atoms with van der Waals surface area (Å²) >= 11 is 0. The topological polar surface area (TPSA) is 43.4 Å². The second kappa shape index (κ2) is 4.33. The zero-order valence-electron chi connectivity index (χ0n) is 9.28. The quantitative estimate of drug-likeness (QED) is 0.590. The molecule has 0 radical (unpaired) electrons. The van der Waals surface area contributed by atoms with E-state index in [0.29, 0.717) is 0 Å². The summed E-state index contributed by atoms with van der Waals surface area (Å²) in [5, 5.41) is -6.39. The third kappa shape index (κ3) is 3.15. The maximum absolute atomic E-state index is 12.8. The predicted octanol–water partition coefficient (Wildman–Crippen LogP) is 2.96. The first-order valence-corrected chi connectivity index (χ1v) is 9.05. The molecule has 18 heavy (non-hydrogen) atoms. The van der Waals surface area contributed by atoms with E-state index in [9.17, 15) is 39.2 Å². The molecule has 0 aromatic rings. The third-order valence-electron chi connectivity index (χ3n) is 1.40. The van der Waals surface area contributed by atoms with Crippen molar-refractivity contribution in [1.29, 1.82) is 0 Å². The molecule has 0 aromatic heterocycles. The van der Waals surface area contributed by atoms with Crippen LogP contribution < -0.4 is 0 Å². The molecular formula is C6H9F7O3SSi. The molecular weight excluding hydrogens is 313 g/mol. The first-order chi connectivity index (χ1) is 7.46. The minimum atomic E-state index is -6.74. The van der Waals surface area contributed by atoms with E-state index in [1.807, 2.05) is 0 Å². The average molecular weight is 322 g/mol. The van der Waals surface area contributed by atoms with E-state index in [-0.39, 0.29) is 0 Å². The smallest absolute Gasteiger partial charge is 0.311 e. The van der Waals surface area contributed by atoms with Gasteiger partial charge in [0, 0.05) is 0 Å². The van der Waals surface area contributed by atoms with Gasteiger partial charge in [0.05, 0.1) is 0 Å². The summed E-state index contributed by atoms with van der Waals surface area (Å²) in [4.78, 5) is 0. The van der Waals surface area contributed by atoms with Crippen molar-refractivity contribution in [1.82, 2.24) is 0 Å². The van der Waals surface area contributed by atoms with E-state index >= 15 is 0 Å². The Morgan fingerprint density at radius 3 is 1.44 bits per heavy atom. The SMILES string of the molecule is C[Si](C)(C)OS(=O)(=O)C(F)(F)C(F)(F)C(F)(F)F. The molecule has 3 nitrogen and oxygen atoms in total. The summed E-state index contributed by atoms with van der Waals surface area (Å²) in [6.45, 7) is 3.10. The lowest BCUT2D eigenvalue weighted by molar-refractivity contribution is -0.333. The van der Waals surface area contributed by atoms with Gasteiger partial charge in [-0.3, -0.25) is 0 Å². The number of hydrogen-bond donors (Lipinski definition) is 0. The first kappa shape index (κ1) is 17.6. The predicted molar refractivity (Wildman–Crippen MR) is 49.3 cm³/mol. The Bertz CT molecular complexity index is 408. The Balaban J connectivity index is 5.67. The minimum Gasteiger partial charge on any atom is -0.311 e. The normalized spacial score (nSPS) is 15.9. The second-order valence-electron chi connectivity index (χ2n) is 4.24. The summed E-state index contributed by atoms with van der Waals surface area (Å²) in [6.07, 6.45) is -6.72. The van der Waals surface area contributed by atoms with Crippen LogP contribution in [-0.4, -0.2) is 34.1 Å². The molecule has 0 bridgehead atoms. The van der Waals surface area contributed by atoms with Gasteiger partial charge in [0.1, 0.15) is 0 Å². The molecule has 0 fully saturated rings. The second-order valence-corrected chi connectivity index (χ2v) is 10.6. The lowest BCUT2D eigenvalue weighted by Gasteiger charge is -2.29. The highest BCUT2D eigenvalue weighted by atomic mass is 32.2. The van der Waals surface area contributed by atoms with Gasteiger partial charge >= 0.3 is 27.5 Å². The number of rotatable bonds is 4. The summed E-state index contributed by atoms with van der Waals surface area (Å²) < 4.78 is 111. The van der Waals surface area contributed by atoms with E-state index < -0.39 is 35.8 Å². The molecule has 0 saturated carbocycles. The summed E-state index contributed by atoms with van der Waals surface area (Å²) in [5.74, 6) is -6.74. The van der Waals surface area contributed by atoms with Crippen LogP contribution in [0.25, 0.3) is 0 Å². The highest BCUT2D eigenvalue weighted by molar-refractivity contribution is 7.88. The van der Waals surface area contributed by atoms with Crippen LogP contribution in [0, 0.1) is 0 Å². The molecule has 0 atom stereocenters. The average Bonchev–Trinajstić information content (AvgIpc) is 1.95. The van der Waals surface area contributed by atoms with Crippen molar-refractivity contribution in [2.24, 2.45) is 0 Å². The van der Waals surface area contributed by atoms with Gasteiger partial charge in [0.15, 0.2) is 0 Å². The Kier molecular flexibility index (Phi) is 4.25. The van der Waals surface area contributed by atoms with Crippen LogP contribution in [0.5, 0.6) is 0 Å². The van der Waals surface area contributed by atoms with Crippen molar-refractivity contribution < 1.29 is 43.0 Å². The number of hydrogen-bond acceptors (Lipinski definition) is 3. The zero-order chi connectivity index (χ0) is 15.2. The van der Waals surface area contributed by atoms with Crippen LogP contribution in [-0.2, 0) is 14.0 Å². The lowest BCUT2D eigenvalue weighted by atomic mass is 10.3. The van der Waals surface area contributed by atoms with Crippen molar-refractivity contribution in [2.75, 3.05) is 0 Å². The van der Waals surface area contributed by atoms with Gasteiger partial charge in [-0.25, -0.2) is 0 Å². The minimum absolute atomic E-state index is 1.03. The van der Waals surface area contributed by atoms with Crippen LogP contribution in [0.3, 0.4) is 0 Å². The van der Waals surface area contributed by atoms with Gasteiger partial charge in [-0.15, -0.1) is 0 Å². The van der Waals surface area contributed by atoms with Crippen LogP contribution in [0.2, 0.25) is 19.6 Å². The lowest BCUT2D eigenvalue weighted by Crippen LogP contribution is -2.57. The molecule has 0 aliphatic carbocycles. The summed E-state index contributed by atoms with van der Waals surface area (Å²) in [7, 11) is -9.71. The highest BCUT2D eigenvalue weighted by Gasteiger charge is 2.79. The van der Waals surface area contributed by atoms with E-state index in [1.54, 1.807) is 0 Å². The number of halogens is 7. The van der Waals surface area contributed by atoms with E-state index in [1.165, 1.54) is 0 Å². The molecule has 0 spiro atoms. The summed E-state index contributed by atoms with van der Waals surface area (Å²) in [5.41, 5.74) is 0. The monoisotopic (exact) mass is 322 g/mol. The molecule has 0 heterocycles. The first-order valence-electron chi connectivity index (χ1n) is 4.23. The van der Waals surface area contributed by atoms with Crippen molar-refractivity contribution >= 4 is 18.4 Å². The molecule has 0 N–H and O–H groups in total. The summed E-state index contributed by atoms with van der Waals surface area (Å²) in [6, 6.07) is 0. The van der Waals surface area contributed by atoms with Gasteiger partial charge in [-0.05, 0) is 19.6 Å². The fraction of sp³-hybridized carbons (Fsp3) is 1.00. The number of alkyl halides is 7. The van der Waals surface area contributed by atoms with Crippen LogP contribution in [0.1, 0.15) is 0 Å². The van der Waals surface area contributed by atoms with Crippen molar-refractivity contribution in [2.45, 2.75) is 37.0 Å². The molecule has 0 unspecified atom stereocenters. The van der Waals surface area contributed by atoms with E-state index in [2.05, 4.69) is 3.87 Å². The Morgan fingerprint density at radius 1 is 0.889 bits per heavy atom. The van der Waals surface area contributed by atoms with Gasteiger partial charge in [-0.1, -0.05) is 0 Å². The third-order valence-corrected chi connectivity index (χ3v) is 5.16. The van der Waals surface area contributed by atoms with Gasteiger partial charge in [-0.2, -0.15) is 39.2 Å². The molecule has 0 amide bonds. The van der Waals surface area contributed by atoms with Gasteiger partial charge in [0.25, 0.3) is 0 Å². The molecule has 0 aromatic carbocycles. The van der Waals surface area contributed by atoms with E-state index in [0.717, 1.165) is 19.6 Å². The van der Waals surface area contributed by atoms with Crippen LogP contribution in [0.4, 0.5) is 30.7 Å². The molecule has 12 heteroatoms. The zero-order valence-corrected chi connectivity index (χ0v) is 11.1. The highest BCUT2D eigenvalue weighted by Crippen LogP contribution is 2.49. The maximum atomic E-state index is 12.8. The van der Waals surface area contributed by atoms with Crippen LogP contribution in [0.15, 0.2) is 0 Å². The van der Waals surface area contributed by atoms with Crippen LogP contribution >= 0.6 is 0 Å². The van der Waals surface area contributed by atoms with E-state index in [4.69, 9.17) is 0 Å². The van der Waals surface area contributed by atoms with Crippen molar-refractivity contribution in [3.8, 4) is 0 Å². The maximum Gasteiger partial charge on any atom is 0.461 e. The van der Waals surface area contributed by atoms with Crippen molar-refractivity contribution in [3.05, 3.63) is 0 Å². The Labute approximate surface area is 99.2 Å². The Hall–Kier alpha value is -0.363. The van der Waals surface area contributed by atoms with Gasteiger partial charge in [0.2, 0.25) is 8.32 Å². The molecule has 0 aliphatic heterocycles. The standard InChI is InChI=1S/C6H9F7O3SSi/c1-18(2,3)16-17(14,15)6(12,13)4(7,8)5(9,10)11/h1-3H3. The molecule has 0 aliphatic rings. The molecule has 110 valence electrons. The fourth-order valence-electron chi connectivity index (χ4n) is 0.703.